The molecule has 0 unspecified atom stereocenters. The fraction of sp³-hybridized carbons (Fsp3) is 0.176. The molecular weight excluding hydrogens is 326 g/mol. The summed E-state index contributed by atoms with van der Waals surface area (Å²) in [4.78, 5) is 35.7. The van der Waals surface area contributed by atoms with Crippen molar-refractivity contribution in [1.82, 2.24) is 15.0 Å². The maximum absolute atomic E-state index is 12.4. The number of hydrogen-bond donors (Lipinski definition) is 1. The van der Waals surface area contributed by atoms with Crippen molar-refractivity contribution in [1.29, 1.82) is 0 Å². The number of esters is 1. The van der Waals surface area contributed by atoms with Gasteiger partial charge in [-0.3, -0.25) is 4.79 Å². The van der Waals surface area contributed by atoms with E-state index in [-0.39, 0.29) is 5.56 Å². The van der Waals surface area contributed by atoms with Gasteiger partial charge < -0.3 is 9.72 Å². The van der Waals surface area contributed by atoms with Crippen LogP contribution in [0.4, 0.5) is 0 Å². The maximum atomic E-state index is 12.4. The molecule has 6 nitrogen and oxygen atoms in total. The number of thioether (sulfide) groups is 1. The van der Waals surface area contributed by atoms with E-state index in [9.17, 15) is 9.59 Å². The number of aromatic nitrogens is 3. The number of pyridine rings is 1. The Bertz CT molecular complexity index is 955. The molecule has 1 N–H and O–H groups in total. The molecule has 122 valence electrons. The van der Waals surface area contributed by atoms with Crippen molar-refractivity contribution in [3.05, 3.63) is 64.3 Å². The van der Waals surface area contributed by atoms with Crippen molar-refractivity contribution in [2.45, 2.75) is 18.1 Å². The standard InChI is InChI=1S/C17H15N3O3S/c1-10(23-17(22)12-7-5-9-18-16(12)24-2)14-19-13-8-4-3-6-11(13)15(21)20-14/h3-10H,1-2H3,(H,19,20,21)/t10-/m1/s1. The van der Waals surface area contributed by atoms with Crippen molar-refractivity contribution in [2.75, 3.05) is 6.26 Å². The number of nitrogens with one attached hydrogen (secondary N) is 1. The largest absolute Gasteiger partial charge is 0.451 e. The van der Waals surface area contributed by atoms with Crippen molar-refractivity contribution in [3.8, 4) is 0 Å². The smallest absolute Gasteiger partial charge is 0.341 e. The summed E-state index contributed by atoms with van der Waals surface area (Å²) < 4.78 is 5.44. The topological polar surface area (TPSA) is 84.9 Å². The maximum Gasteiger partial charge on any atom is 0.341 e. The first-order valence-corrected chi connectivity index (χ1v) is 8.51. The zero-order chi connectivity index (χ0) is 17.1. The molecule has 0 radical (unpaired) electrons. The first-order chi connectivity index (χ1) is 11.6. The van der Waals surface area contributed by atoms with Gasteiger partial charge in [0.15, 0.2) is 11.9 Å². The summed E-state index contributed by atoms with van der Waals surface area (Å²) >= 11 is 1.37. The molecule has 1 atom stereocenters. The third kappa shape index (κ3) is 3.16. The van der Waals surface area contributed by atoms with E-state index in [1.807, 2.05) is 6.26 Å². The number of fused-ring (bicyclic) bond motifs is 1. The predicted octanol–water partition coefficient (Wildman–Crippen LogP) is 2.96. The molecule has 0 fully saturated rings. The van der Waals surface area contributed by atoms with Crippen LogP contribution in [0.3, 0.4) is 0 Å². The zero-order valence-corrected chi connectivity index (χ0v) is 14.0. The van der Waals surface area contributed by atoms with Gasteiger partial charge in [0.2, 0.25) is 0 Å². The zero-order valence-electron chi connectivity index (χ0n) is 13.1. The number of carbonyl (C=O) groups excluding carboxylic acids is 1. The van der Waals surface area contributed by atoms with Crippen LogP contribution in [0.25, 0.3) is 10.9 Å². The van der Waals surface area contributed by atoms with Crippen LogP contribution >= 0.6 is 11.8 Å². The summed E-state index contributed by atoms with van der Waals surface area (Å²) in [6.07, 6.45) is 2.77. The molecule has 24 heavy (non-hydrogen) atoms. The van der Waals surface area contributed by atoms with E-state index in [0.717, 1.165) is 0 Å². The van der Waals surface area contributed by atoms with Gasteiger partial charge in [0.05, 0.1) is 16.5 Å². The van der Waals surface area contributed by atoms with E-state index in [1.165, 1.54) is 11.8 Å². The molecule has 3 aromatic rings. The van der Waals surface area contributed by atoms with Gasteiger partial charge >= 0.3 is 5.97 Å². The Kier molecular flexibility index (Phi) is 4.61. The third-order valence-corrected chi connectivity index (χ3v) is 4.20. The monoisotopic (exact) mass is 341 g/mol. The first-order valence-electron chi connectivity index (χ1n) is 7.29. The second-order valence-electron chi connectivity index (χ2n) is 5.08. The van der Waals surface area contributed by atoms with E-state index in [2.05, 4.69) is 15.0 Å². The summed E-state index contributed by atoms with van der Waals surface area (Å²) in [7, 11) is 0. The van der Waals surface area contributed by atoms with Gasteiger partial charge in [-0.05, 0) is 37.4 Å². The van der Waals surface area contributed by atoms with Gasteiger partial charge in [-0.1, -0.05) is 12.1 Å². The van der Waals surface area contributed by atoms with Gasteiger partial charge in [0.25, 0.3) is 5.56 Å². The highest BCUT2D eigenvalue weighted by atomic mass is 32.2. The third-order valence-electron chi connectivity index (χ3n) is 3.48. The average Bonchev–Trinajstić information content (AvgIpc) is 2.61. The van der Waals surface area contributed by atoms with Crippen LogP contribution in [0.5, 0.6) is 0 Å². The van der Waals surface area contributed by atoms with Gasteiger partial charge in [0, 0.05) is 6.20 Å². The van der Waals surface area contributed by atoms with E-state index in [4.69, 9.17) is 4.74 Å². The molecule has 0 bridgehead atoms. The number of ether oxygens (including phenoxy) is 1. The predicted molar refractivity (Wildman–Crippen MR) is 92.2 cm³/mol. The number of carbonyl (C=O) groups is 1. The fourth-order valence-electron chi connectivity index (χ4n) is 2.29. The molecule has 7 heteroatoms. The van der Waals surface area contributed by atoms with E-state index >= 15 is 0 Å². The Hall–Kier alpha value is -2.67. The Morgan fingerprint density at radius 3 is 2.83 bits per heavy atom. The van der Waals surface area contributed by atoms with Crippen LogP contribution in [0.1, 0.15) is 29.2 Å². The Labute approximate surface area is 142 Å². The molecule has 2 heterocycles. The summed E-state index contributed by atoms with van der Waals surface area (Å²) in [5.74, 6) is -0.197. The average molecular weight is 341 g/mol. The lowest BCUT2D eigenvalue weighted by Crippen LogP contribution is -2.18. The van der Waals surface area contributed by atoms with Crippen LogP contribution in [-0.4, -0.2) is 27.2 Å². The minimum atomic E-state index is -0.690. The van der Waals surface area contributed by atoms with Crippen LogP contribution in [0, 0.1) is 0 Å². The number of hydrogen-bond acceptors (Lipinski definition) is 6. The van der Waals surface area contributed by atoms with Crippen LogP contribution in [-0.2, 0) is 4.74 Å². The highest BCUT2D eigenvalue weighted by Crippen LogP contribution is 2.21. The highest BCUT2D eigenvalue weighted by Gasteiger charge is 2.19. The fourth-order valence-corrected chi connectivity index (χ4v) is 2.82. The number of para-hydroxylation sites is 1. The summed E-state index contributed by atoms with van der Waals surface area (Å²) in [5, 5.41) is 1.09. The summed E-state index contributed by atoms with van der Waals surface area (Å²) in [6, 6.07) is 10.4. The van der Waals surface area contributed by atoms with Crippen LogP contribution in [0.15, 0.2) is 52.4 Å². The number of benzene rings is 1. The Morgan fingerprint density at radius 2 is 2.04 bits per heavy atom. The van der Waals surface area contributed by atoms with Crippen molar-refractivity contribution >= 4 is 28.6 Å². The molecule has 0 aliphatic heterocycles. The minimum Gasteiger partial charge on any atom is -0.451 e. The molecule has 0 aliphatic carbocycles. The SMILES string of the molecule is CSc1ncccc1C(=O)O[C@H](C)c1nc2ccccc2c(=O)[nH]1. The van der Waals surface area contributed by atoms with Crippen LogP contribution in [0.2, 0.25) is 0 Å². The van der Waals surface area contributed by atoms with Crippen molar-refractivity contribution in [3.63, 3.8) is 0 Å². The molecular formula is C17H15N3O3S. The van der Waals surface area contributed by atoms with Gasteiger partial charge in [-0.15, -0.1) is 11.8 Å². The molecule has 0 amide bonds. The first kappa shape index (κ1) is 16.2. The number of rotatable bonds is 4. The van der Waals surface area contributed by atoms with Crippen LogP contribution < -0.4 is 5.56 Å². The summed E-state index contributed by atoms with van der Waals surface area (Å²) in [6.45, 7) is 1.67. The minimum absolute atomic E-state index is 0.260. The normalized spacial score (nSPS) is 12.1. The lowest BCUT2D eigenvalue weighted by atomic mass is 10.2. The quantitative estimate of drug-likeness (QED) is 0.580. The molecule has 2 aromatic heterocycles. The van der Waals surface area contributed by atoms with Gasteiger partial charge in [-0.2, -0.15) is 0 Å². The second kappa shape index (κ2) is 6.84. The van der Waals surface area contributed by atoms with E-state index in [1.54, 1.807) is 49.5 Å². The molecule has 0 saturated carbocycles. The lowest BCUT2D eigenvalue weighted by molar-refractivity contribution is 0.0315. The van der Waals surface area contributed by atoms with E-state index in [0.29, 0.717) is 27.3 Å². The molecule has 0 saturated heterocycles. The highest BCUT2D eigenvalue weighted by molar-refractivity contribution is 7.98. The Balaban J connectivity index is 1.88. The molecule has 0 aliphatic rings. The molecule has 3 rings (SSSR count). The number of H-pyrrole nitrogens is 1. The van der Waals surface area contributed by atoms with Gasteiger partial charge in [0.1, 0.15) is 5.03 Å². The lowest BCUT2D eigenvalue weighted by Gasteiger charge is -2.14. The van der Waals surface area contributed by atoms with Gasteiger partial charge in [-0.25, -0.2) is 14.8 Å². The van der Waals surface area contributed by atoms with E-state index < -0.39 is 12.1 Å². The molecule has 1 aromatic carbocycles. The Morgan fingerprint density at radius 1 is 1.25 bits per heavy atom. The second-order valence-corrected chi connectivity index (χ2v) is 5.87. The van der Waals surface area contributed by atoms with Crippen molar-refractivity contribution in [2.24, 2.45) is 0 Å². The number of aromatic amines is 1. The molecule has 0 spiro atoms. The number of nitrogens with zero attached hydrogens (tertiary/aromatic N) is 2. The van der Waals surface area contributed by atoms with Crippen molar-refractivity contribution < 1.29 is 9.53 Å². The summed E-state index contributed by atoms with van der Waals surface area (Å²) in [5.41, 5.74) is 0.690.